The van der Waals surface area contributed by atoms with Crippen molar-refractivity contribution in [2.45, 2.75) is 0 Å². The Morgan fingerprint density at radius 2 is 0.933 bits per heavy atom. The van der Waals surface area contributed by atoms with Gasteiger partial charge in [-0.1, -0.05) is 72.8 Å². The van der Waals surface area contributed by atoms with Gasteiger partial charge >= 0.3 is 11.9 Å². The Bertz CT molecular complexity index is 1150. The number of ether oxygens (including phenoxy) is 2. The van der Waals surface area contributed by atoms with Crippen molar-refractivity contribution in [2.24, 2.45) is 0 Å². The number of rotatable bonds is 6. The molecule has 4 aromatic rings. The van der Waals surface area contributed by atoms with Gasteiger partial charge in [-0.25, -0.2) is 9.59 Å². The van der Waals surface area contributed by atoms with Crippen LogP contribution >= 0.6 is 0 Å². The molecule has 4 rings (SSSR count). The molecule has 0 fully saturated rings. The van der Waals surface area contributed by atoms with Crippen LogP contribution in [0.3, 0.4) is 0 Å². The molecule has 5 heteroatoms. The van der Waals surface area contributed by atoms with E-state index in [1.807, 2.05) is 60.7 Å². The number of carbonyl (C=O) groups is 3. The van der Waals surface area contributed by atoms with E-state index in [4.69, 9.17) is 9.47 Å². The zero-order chi connectivity index (χ0) is 20.9. The topological polar surface area (TPSA) is 69.7 Å². The minimum absolute atomic E-state index is 0.383. The largest absolute Gasteiger partial charge is 0.454 e. The lowest BCUT2D eigenvalue weighted by Gasteiger charge is -2.09. The highest BCUT2D eigenvalue weighted by atomic mass is 16.6. The fourth-order valence-corrected chi connectivity index (χ4v) is 3.30. The van der Waals surface area contributed by atoms with E-state index in [0.717, 1.165) is 21.5 Å². The Balaban J connectivity index is 1.36. The minimum atomic E-state index is -0.597. The highest BCUT2D eigenvalue weighted by molar-refractivity contribution is 6.06. The van der Waals surface area contributed by atoms with Crippen LogP contribution in [0.5, 0.6) is 0 Å². The Morgan fingerprint density at radius 1 is 0.533 bits per heavy atom. The van der Waals surface area contributed by atoms with Gasteiger partial charge in [-0.2, -0.15) is 0 Å². The first kappa shape index (κ1) is 19.3. The molecule has 4 aromatic carbocycles. The number of carbonyl (C=O) groups excluding carboxylic acids is 3. The van der Waals surface area contributed by atoms with Gasteiger partial charge in [0.1, 0.15) is 0 Å². The maximum atomic E-state index is 12.4. The SMILES string of the molecule is O=C(COC(=O)c1cccc2ccccc12)COC(=O)c1cccc2ccccc12. The van der Waals surface area contributed by atoms with E-state index in [-0.39, 0.29) is 0 Å². The van der Waals surface area contributed by atoms with Crippen molar-refractivity contribution in [1.29, 1.82) is 0 Å². The molecule has 0 spiro atoms. The summed E-state index contributed by atoms with van der Waals surface area (Å²) in [6, 6.07) is 25.4. The van der Waals surface area contributed by atoms with E-state index in [1.54, 1.807) is 24.3 Å². The van der Waals surface area contributed by atoms with E-state index in [2.05, 4.69) is 0 Å². The van der Waals surface area contributed by atoms with Gasteiger partial charge in [0, 0.05) is 0 Å². The number of hydrogen-bond acceptors (Lipinski definition) is 5. The van der Waals surface area contributed by atoms with Gasteiger partial charge in [0.15, 0.2) is 13.2 Å². The molecule has 0 aliphatic rings. The average Bonchev–Trinajstić information content (AvgIpc) is 2.80. The third-order valence-corrected chi connectivity index (χ3v) is 4.75. The molecular weight excluding hydrogens is 380 g/mol. The number of hydrogen-bond donors (Lipinski definition) is 0. The van der Waals surface area contributed by atoms with Crippen LogP contribution in [0, 0.1) is 0 Å². The molecule has 30 heavy (non-hydrogen) atoms. The van der Waals surface area contributed by atoms with Gasteiger partial charge < -0.3 is 9.47 Å². The summed E-state index contributed by atoms with van der Waals surface area (Å²) < 4.78 is 10.3. The highest BCUT2D eigenvalue weighted by Gasteiger charge is 2.16. The molecule has 148 valence electrons. The Hall–Kier alpha value is -3.99. The number of fused-ring (bicyclic) bond motifs is 2. The lowest BCUT2D eigenvalue weighted by molar-refractivity contribution is -0.125. The summed E-state index contributed by atoms with van der Waals surface area (Å²) in [4.78, 5) is 36.9. The summed E-state index contributed by atoms with van der Waals surface area (Å²) in [5, 5.41) is 3.31. The predicted octanol–water partition coefficient (Wildman–Crippen LogP) is 4.58. The van der Waals surface area contributed by atoms with Crippen LogP contribution in [0.25, 0.3) is 21.5 Å². The first-order valence-corrected chi connectivity index (χ1v) is 9.45. The molecule has 0 saturated carbocycles. The standard InChI is InChI=1S/C25H18O5/c26-19(15-29-24(27)22-13-5-9-17-7-1-3-11-20(17)22)16-30-25(28)23-14-6-10-18-8-2-4-12-21(18)23/h1-14H,15-16H2. The molecule has 0 radical (unpaired) electrons. The molecule has 0 atom stereocenters. The third kappa shape index (κ3) is 4.05. The van der Waals surface area contributed by atoms with Crippen LogP contribution in [0.2, 0.25) is 0 Å². The maximum Gasteiger partial charge on any atom is 0.339 e. The third-order valence-electron chi connectivity index (χ3n) is 4.75. The minimum Gasteiger partial charge on any atom is -0.454 e. The van der Waals surface area contributed by atoms with Crippen molar-refractivity contribution in [3.63, 3.8) is 0 Å². The second-order valence-corrected chi connectivity index (χ2v) is 6.74. The van der Waals surface area contributed by atoms with E-state index in [1.165, 1.54) is 0 Å². The first-order chi connectivity index (χ1) is 14.6. The normalized spacial score (nSPS) is 10.7. The van der Waals surface area contributed by atoms with Gasteiger partial charge in [-0.3, -0.25) is 4.79 Å². The van der Waals surface area contributed by atoms with Crippen molar-refractivity contribution >= 4 is 39.3 Å². The molecular formula is C25H18O5. The van der Waals surface area contributed by atoms with Crippen molar-refractivity contribution in [1.82, 2.24) is 0 Å². The molecule has 0 aliphatic carbocycles. The summed E-state index contributed by atoms with van der Waals surface area (Å²) in [5.74, 6) is -1.70. The smallest absolute Gasteiger partial charge is 0.339 e. The van der Waals surface area contributed by atoms with Crippen LogP contribution in [-0.2, 0) is 14.3 Å². The number of esters is 2. The van der Waals surface area contributed by atoms with Gasteiger partial charge in [-0.05, 0) is 33.7 Å². The Kier molecular flexibility index (Phi) is 5.52. The molecule has 0 saturated heterocycles. The lowest BCUT2D eigenvalue weighted by atomic mass is 10.0. The Labute approximate surface area is 172 Å². The van der Waals surface area contributed by atoms with Crippen LogP contribution in [0.15, 0.2) is 84.9 Å². The molecule has 0 bridgehead atoms. The fourth-order valence-electron chi connectivity index (χ4n) is 3.30. The van der Waals surface area contributed by atoms with Gasteiger partial charge in [-0.15, -0.1) is 0 Å². The van der Waals surface area contributed by atoms with Crippen molar-refractivity contribution < 1.29 is 23.9 Å². The zero-order valence-corrected chi connectivity index (χ0v) is 16.0. The summed E-state index contributed by atoms with van der Waals surface area (Å²) in [5.41, 5.74) is 0.766. The van der Waals surface area contributed by atoms with Crippen LogP contribution in [0.4, 0.5) is 0 Å². The fraction of sp³-hybridized carbons (Fsp3) is 0.0800. The highest BCUT2D eigenvalue weighted by Crippen LogP contribution is 2.20. The molecule has 0 unspecified atom stereocenters. The van der Waals surface area contributed by atoms with Crippen molar-refractivity contribution in [3.05, 3.63) is 96.1 Å². The van der Waals surface area contributed by atoms with E-state index < -0.39 is 30.9 Å². The summed E-state index contributed by atoms with van der Waals surface area (Å²) >= 11 is 0. The van der Waals surface area contributed by atoms with Crippen LogP contribution < -0.4 is 0 Å². The van der Waals surface area contributed by atoms with Gasteiger partial charge in [0.2, 0.25) is 5.78 Å². The molecule has 0 amide bonds. The molecule has 0 aromatic heterocycles. The van der Waals surface area contributed by atoms with E-state index in [9.17, 15) is 14.4 Å². The molecule has 5 nitrogen and oxygen atoms in total. The van der Waals surface area contributed by atoms with E-state index in [0.29, 0.717) is 11.1 Å². The predicted molar refractivity (Wildman–Crippen MR) is 113 cm³/mol. The van der Waals surface area contributed by atoms with Gasteiger partial charge in [0.05, 0.1) is 11.1 Å². The van der Waals surface area contributed by atoms with Gasteiger partial charge in [0.25, 0.3) is 0 Å². The summed E-state index contributed by atoms with van der Waals surface area (Å²) in [7, 11) is 0. The number of ketones is 1. The molecule has 0 N–H and O–H groups in total. The number of benzene rings is 4. The number of Topliss-reactive ketones (excluding diaryl/α,β-unsaturated/α-hetero) is 1. The second kappa shape index (κ2) is 8.57. The molecule has 0 heterocycles. The van der Waals surface area contributed by atoms with Crippen LogP contribution in [-0.4, -0.2) is 30.9 Å². The Morgan fingerprint density at radius 3 is 1.40 bits per heavy atom. The zero-order valence-electron chi connectivity index (χ0n) is 16.0. The summed E-state index contributed by atoms with van der Waals surface area (Å²) in [6.45, 7) is -0.935. The first-order valence-electron chi connectivity index (χ1n) is 9.45. The summed E-state index contributed by atoms with van der Waals surface area (Å²) in [6.07, 6.45) is 0. The van der Waals surface area contributed by atoms with Crippen molar-refractivity contribution in [2.75, 3.05) is 13.2 Å². The van der Waals surface area contributed by atoms with Crippen molar-refractivity contribution in [3.8, 4) is 0 Å². The lowest BCUT2D eigenvalue weighted by Crippen LogP contribution is -2.21. The molecule has 0 aliphatic heterocycles. The van der Waals surface area contributed by atoms with Crippen LogP contribution in [0.1, 0.15) is 20.7 Å². The monoisotopic (exact) mass is 398 g/mol. The maximum absolute atomic E-state index is 12.4. The average molecular weight is 398 g/mol. The van der Waals surface area contributed by atoms with E-state index >= 15 is 0 Å². The second-order valence-electron chi connectivity index (χ2n) is 6.74. The quantitative estimate of drug-likeness (QED) is 0.445.